The van der Waals surface area contributed by atoms with Gasteiger partial charge in [0, 0.05) is 5.69 Å². The molecule has 0 aromatic heterocycles. The van der Waals surface area contributed by atoms with E-state index in [2.05, 4.69) is 10.6 Å². The summed E-state index contributed by atoms with van der Waals surface area (Å²) < 4.78 is 27.5. The molecule has 0 bridgehead atoms. The van der Waals surface area contributed by atoms with E-state index in [1.807, 2.05) is 0 Å². The summed E-state index contributed by atoms with van der Waals surface area (Å²) in [5.41, 5.74) is -0.359. The summed E-state index contributed by atoms with van der Waals surface area (Å²) in [5.74, 6) is -3.91. The maximum atomic E-state index is 13.8. The zero-order valence-corrected chi connectivity index (χ0v) is 15.5. The molecule has 2 amide bonds. The molecule has 0 radical (unpaired) electrons. The zero-order chi connectivity index (χ0) is 19.4. The molecule has 0 spiro atoms. The van der Waals surface area contributed by atoms with Crippen molar-refractivity contribution < 1.29 is 18.4 Å². The van der Waals surface area contributed by atoms with Crippen molar-refractivity contribution in [2.24, 2.45) is 5.92 Å². The highest BCUT2D eigenvalue weighted by Gasteiger charge is 2.27. The SMILES string of the molecule is CC(C)C(NC(=O)c1c(F)cccc1F)C(=O)Nc1ccc(Cl)c(Cl)c1. The summed E-state index contributed by atoms with van der Waals surface area (Å²) >= 11 is 11.7. The van der Waals surface area contributed by atoms with Crippen LogP contribution in [0, 0.1) is 17.6 Å². The van der Waals surface area contributed by atoms with Crippen LogP contribution in [-0.2, 0) is 4.79 Å². The van der Waals surface area contributed by atoms with Crippen LogP contribution < -0.4 is 10.6 Å². The number of amides is 2. The lowest BCUT2D eigenvalue weighted by Crippen LogP contribution is -2.47. The molecular weight excluding hydrogens is 385 g/mol. The van der Waals surface area contributed by atoms with Crippen LogP contribution >= 0.6 is 23.2 Å². The summed E-state index contributed by atoms with van der Waals surface area (Å²) in [6, 6.07) is 6.58. The molecule has 2 N–H and O–H groups in total. The molecule has 0 aliphatic carbocycles. The maximum absolute atomic E-state index is 13.8. The van der Waals surface area contributed by atoms with Crippen molar-refractivity contribution in [2.45, 2.75) is 19.9 Å². The van der Waals surface area contributed by atoms with Gasteiger partial charge in [0.05, 0.1) is 10.0 Å². The van der Waals surface area contributed by atoms with Crippen LogP contribution in [0.15, 0.2) is 36.4 Å². The predicted molar refractivity (Wildman–Crippen MR) is 97.5 cm³/mol. The third-order valence-corrected chi connectivity index (χ3v) is 4.35. The van der Waals surface area contributed by atoms with Crippen molar-refractivity contribution in [1.82, 2.24) is 5.32 Å². The van der Waals surface area contributed by atoms with E-state index in [1.165, 1.54) is 12.1 Å². The van der Waals surface area contributed by atoms with Crippen molar-refractivity contribution in [1.29, 1.82) is 0 Å². The standard InChI is InChI=1S/C18H16Cl2F2N2O2/c1-9(2)16(18(26)23-10-6-7-11(19)12(20)8-10)24-17(25)15-13(21)4-3-5-14(15)22/h3-9,16H,1-2H3,(H,23,26)(H,24,25). The molecule has 0 heterocycles. The van der Waals surface area contributed by atoms with Crippen LogP contribution in [0.1, 0.15) is 24.2 Å². The lowest BCUT2D eigenvalue weighted by molar-refractivity contribution is -0.118. The molecule has 0 saturated heterocycles. The van der Waals surface area contributed by atoms with Gasteiger partial charge in [0.15, 0.2) is 0 Å². The Hall–Kier alpha value is -2.18. The van der Waals surface area contributed by atoms with E-state index in [-0.39, 0.29) is 10.9 Å². The fourth-order valence-electron chi connectivity index (χ4n) is 2.26. The highest BCUT2D eigenvalue weighted by atomic mass is 35.5. The van der Waals surface area contributed by atoms with E-state index >= 15 is 0 Å². The molecule has 0 aliphatic rings. The monoisotopic (exact) mass is 400 g/mol. The molecule has 2 rings (SSSR count). The van der Waals surface area contributed by atoms with Crippen molar-refractivity contribution in [2.75, 3.05) is 5.32 Å². The van der Waals surface area contributed by atoms with Gasteiger partial charge < -0.3 is 10.6 Å². The molecule has 1 atom stereocenters. The zero-order valence-electron chi connectivity index (χ0n) is 13.9. The average Bonchev–Trinajstić information content (AvgIpc) is 2.55. The number of hydrogen-bond acceptors (Lipinski definition) is 2. The van der Waals surface area contributed by atoms with Crippen molar-refractivity contribution in [3.05, 3.63) is 63.6 Å². The first-order valence-corrected chi connectivity index (χ1v) is 8.47. The maximum Gasteiger partial charge on any atom is 0.257 e. The van der Waals surface area contributed by atoms with Gasteiger partial charge in [-0.2, -0.15) is 0 Å². The Labute approximate surface area is 159 Å². The van der Waals surface area contributed by atoms with E-state index in [4.69, 9.17) is 23.2 Å². The topological polar surface area (TPSA) is 58.2 Å². The Morgan fingerprint density at radius 1 is 1.00 bits per heavy atom. The lowest BCUT2D eigenvalue weighted by Gasteiger charge is -2.22. The first-order valence-electron chi connectivity index (χ1n) is 7.71. The quantitative estimate of drug-likeness (QED) is 0.766. The Morgan fingerprint density at radius 2 is 1.62 bits per heavy atom. The van der Waals surface area contributed by atoms with Crippen molar-refractivity contribution >= 4 is 40.7 Å². The van der Waals surface area contributed by atoms with E-state index in [0.717, 1.165) is 18.2 Å². The molecule has 0 fully saturated rings. The van der Waals surface area contributed by atoms with Gasteiger partial charge in [-0.3, -0.25) is 9.59 Å². The first-order chi connectivity index (χ1) is 12.2. The highest BCUT2D eigenvalue weighted by Crippen LogP contribution is 2.25. The number of rotatable bonds is 5. The smallest absolute Gasteiger partial charge is 0.257 e. The van der Waals surface area contributed by atoms with Crippen molar-refractivity contribution in [3.8, 4) is 0 Å². The number of carbonyl (C=O) groups excluding carboxylic acids is 2. The molecule has 8 heteroatoms. The molecule has 2 aromatic rings. The second-order valence-electron chi connectivity index (χ2n) is 5.91. The minimum atomic E-state index is -1.02. The fraction of sp³-hybridized carbons (Fsp3) is 0.222. The minimum absolute atomic E-state index is 0.253. The van der Waals surface area contributed by atoms with Gasteiger partial charge in [0.1, 0.15) is 23.2 Å². The fourth-order valence-corrected chi connectivity index (χ4v) is 2.56. The first kappa shape index (κ1) is 20.1. The van der Waals surface area contributed by atoms with Crippen LogP contribution in [0.3, 0.4) is 0 Å². The Kier molecular flexibility index (Phi) is 6.56. The molecule has 1 unspecified atom stereocenters. The van der Waals surface area contributed by atoms with Crippen molar-refractivity contribution in [3.63, 3.8) is 0 Å². The lowest BCUT2D eigenvalue weighted by atomic mass is 10.0. The normalized spacial score (nSPS) is 12.0. The van der Waals surface area contributed by atoms with Crippen LogP contribution in [-0.4, -0.2) is 17.9 Å². The Balaban J connectivity index is 2.18. The number of hydrogen-bond donors (Lipinski definition) is 2. The van der Waals surface area contributed by atoms with Gasteiger partial charge in [0.2, 0.25) is 5.91 Å². The average molecular weight is 401 g/mol. The number of nitrogens with one attached hydrogen (secondary N) is 2. The summed E-state index contributed by atoms with van der Waals surface area (Å²) in [7, 11) is 0. The van der Waals surface area contributed by atoms with Crippen LogP contribution in [0.4, 0.5) is 14.5 Å². The largest absolute Gasteiger partial charge is 0.340 e. The molecule has 138 valence electrons. The number of halogens is 4. The van der Waals surface area contributed by atoms with Gasteiger partial charge in [-0.1, -0.05) is 43.1 Å². The Bertz CT molecular complexity index is 824. The molecular formula is C18H16Cl2F2N2O2. The minimum Gasteiger partial charge on any atom is -0.340 e. The number of benzene rings is 2. The molecule has 0 saturated carbocycles. The third kappa shape index (κ3) is 4.71. The van der Waals surface area contributed by atoms with Gasteiger partial charge in [0.25, 0.3) is 5.91 Å². The van der Waals surface area contributed by atoms with Crippen LogP contribution in [0.25, 0.3) is 0 Å². The Morgan fingerprint density at radius 3 is 2.15 bits per heavy atom. The van der Waals surface area contributed by atoms with Gasteiger partial charge in [-0.05, 0) is 36.2 Å². The molecule has 2 aromatic carbocycles. The van der Waals surface area contributed by atoms with Gasteiger partial charge in [-0.15, -0.1) is 0 Å². The third-order valence-electron chi connectivity index (χ3n) is 3.61. The van der Waals surface area contributed by atoms with Gasteiger partial charge >= 0.3 is 0 Å². The molecule has 4 nitrogen and oxygen atoms in total. The van der Waals surface area contributed by atoms with Crippen LogP contribution in [0.2, 0.25) is 10.0 Å². The second kappa shape index (κ2) is 8.47. The molecule has 26 heavy (non-hydrogen) atoms. The highest BCUT2D eigenvalue weighted by molar-refractivity contribution is 6.42. The summed E-state index contributed by atoms with van der Waals surface area (Å²) in [4.78, 5) is 24.7. The predicted octanol–water partition coefficient (Wildman–Crippen LogP) is 4.66. The van der Waals surface area contributed by atoms with Gasteiger partial charge in [-0.25, -0.2) is 8.78 Å². The number of anilines is 1. The summed E-state index contributed by atoms with van der Waals surface area (Å²) in [6.45, 7) is 3.38. The number of carbonyl (C=O) groups is 2. The second-order valence-corrected chi connectivity index (χ2v) is 6.72. The van der Waals surface area contributed by atoms with Crippen LogP contribution in [0.5, 0.6) is 0 Å². The van der Waals surface area contributed by atoms with E-state index in [0.29, 0.717) is 10.7 Å². The van der Waals surface area contributed by atoms with E-state index < -0.39 is 35.1 Å². The molecule has 0 aliphatic heterocycles. The van der Waals surface area contributed by atoms with E-state index in [9.17, 15) is 18.4 Å². The summed E-state index contributed by atoms with van der Waals surface area (Å²) in [6.07, 6.45) is 0. The summed E-state index contributed by atoms with van der Waals surface area (Å²) in [5, 5.41) is 5.54. The van der Waals surface area contributed by atoms with E-state index in [1.54, 1.807) is 19.9 Å².